The smallest absolute Gasteiger partial charge is 0.107 e. The summed E-state index contributed by atoms with van der Waals surface area (Å²) in [5.41, 5.74) is 3.61. The maximum absolute atomic E-state index is 4.77. The first-order valence-corrected chi connectivity index (χ1v) is 10.3. The Balaban J connectivity index is 1.47. The van der Waals surface area contributed by atoms with Crippen LogP contribution in [0.5, 0.6) is 0 Å². The van der Waals surface area contributed by atoms with Crippen molar-refractivity contribution >= 4 is 11.0 Å². The van der Waals surface area contributed by atoms with Crippen molar-refractivity contribution in [2.45, 2.75) is 58.9 Å². The average Bonchev–Trinajstić information content (AvgIpc) is 2.97. The van der Waals surface area contributed by atoms with Crippen molar-refractivity contribution in [2.75, 3.05) is 6.54 Å². The van der Waals surface area contributed by atoms with Gasteiger partial charge in [-0.15, -0.1) is 0 Å². The quantitative estimate of drug-likeness (QED) is 0.753. The Morgan fingerprint density at radius 2 is 2.15 bits per heavy atom. The lowest BCUT2D eigenvalue weighted by atomic mass is 9.69. The second-order valence-corrected chi connectivity index (χ2v) is 8.73. The number of fused-ring (bicyclic) bond motifs is 1. The van der Waals surface area contributed by atoms with Gasteiger partial charge in [-0.1, -0.05) is 31.9 Å². The van der Waals surface area contributed by atoms with Crippen molar-refractivity contribution in [3.05, 3.63) is 35.9 Å². The third-order valence-corrected chi connectivity index (χ3v) is 6.60. The van der Waals surface area contributed by atoms with Crippen LogP contribution in [0.1, 0.15) is 52.3 Å². The maximum Gasteiger partial charge on any atom is 0.107 e. The van der Waals surface area contributed by atoms with Crippen LogP contribution >= 0.6 is 0 Å². The van der Waals surface area contributed by atoms with Crippen molar-refractivity contribution < 1.29 is 0 Å². The molecule has 26 heavy (non-hydrogen) atoms. The number of H-pyrrole nitrogens is 1. The molecule has 2 N–H and O–H groups in total. The van der Waals surface area contributed by atoms with Crippen LogP contribution in [0.2, 0.25) is 0 Å². The van der Waals surface area contributed by atoms with Crippen LogP contribution in [0.4, 0.5) is 0 Å². The number of aromatic nitrogens is 3. The minimum Gasteiger partial charge on any atom is -0.341 e. The molecule has 0 bridgehead atoms. The molecule has 2 aromatic rings. The summed E-state index contributed by atoms with van der Waals surface area (Å²) < 4.78 is 0. The van der Waals surface area contributed by atoms with Crippen molar-refractivity contribution in [3.63, 3.8) is 0 Å². The number of rotatable bonds is 6. The molecule has 0 unspecified atom stereocenters. The third-order valence-electron chi connectivity index (χ3n) is 6.60. The molecule has 4 rings (SSSR count). The number of nitrogens with zero attached hydrogens (tertiary/aromatic N) is 2. The Kier molecular flexibility index (Phi) is 5.12. The number of imidazole rings is 1. The molecule has 0 spiro atoms. The zero-order chi connectivity index (χ0) is 18.1. The van der Waals surface area contributed by atoms with Gasteiger partial charge in [0, 0.05) is 25.2 Å². The van der Waals surface area contributed by atoms with Crippen LogP contribution < -0.4 is 5.32 Å². The molecular weight excluding hydrogens is 320 g/mol. The van der Waals surface area contributed by atoms with Gasteiger partial charge in [0.15, 0.2) is 0 Å². The van der Waals surface area contributed by atoms with Crippen LogP contribution in [0, 0.1) is 23.7 Å². The second kappa shape index (κ2) is 7.51. The van der Waals surface area contributed by atoms with Gasteiger partial charge in [-0.05, 0) is 55.9 Å². The molecule has 2 aliphatic rings. The first-order valence-electron chi connectivity index (χ1n) is 10.3. The summed E-state index contributed by atoms with van der Waals surface area (Å²) in [6, 6.07) is 2.76. The molecule has 0 saturated heterocycles. The maximum atomic E-state index is 4.77. The molecule has 0 amide bonds. The van der Waals surface area contributed by atoms with Crippen LogP contribution in [0.25, 0.3) is 11.0 Å². The van der Waals surface area contributed by atoms with Gasteiger partial charge >= 0.3 is 0 Å². The summed E-state index contributed by atoms with van der Waals surface area (Å²) in [7, 11) is 0. The summed E-state index contributed by atoms with van der Waals surface area (Å²) in [4.78, 5) is 12.4. The number of nitrogens with one attached hydrogen (secondary N) is 2. The first kappa shape index (κ1) is 17.7. The molecule has 2 aliphatic carbocycles. The van der Waals surface area contributed by atoms with Gasteiger partial charge in [-0.2, -0.15) is 0 Å². The van der Waals surface area contributed by atoms with E-state index in [4.69, 9.17) is 4.98 Å². The van der Waals surface area contributed by atoms with E-state index in [0.29, 0.717) is 11.8 Å². The third kappa shape index (κ3) is 3.71. The van der Waals surface area contributed by atoms with Gasteiger partial charge in [0.2, 0.25) is 0 Å². The van der Waals surface area contributed by atoms with Crippen molar-refractivity contribution in [1.82, 2.24) is 20.3 Å². The zero-order valence-corrected chi connectivity index (χ0v) is 16.3. The number of pyridine rings is 1. The monoisotopic (exact) mass is 352 g/mol. The Hall–Kier alpha value is -1.68. The number of aromatic amines is 1. The summed E-state index contributed by atoms with van der Waals surface area (Å²) in [5.74, 6) is 3.83. The fourth-order valence-corrected chi connectivity index (χ4v) is 4.66. The lowest BCUT2D eigenvalue weighted by Gasteiger charge is -2.38. The standard InChI is InChI=1S/C22H32N4/c1-14(2)19-10-16(11-22-25-20-7-8-23-13-21(20)26-22)15(3)9-17(19)12-24-18-5-4-6-18/h7-9,13-14,16-19,24H,4-6,10-12H2,1-3H3,(H,25,26)/t16-,17-,19-/m0/s1. The summed E-state index contributed by atoms with van der Waals surface area (Å²) in [6.45, 7) is 8.24. The Bertz CT molecular complexity index is 738. The molecule has 4 heteroatoms. The lowest BCUT2D eigenvalue weighted by molar-refractivity contribution is 0.208. The minimum absolute atomic E-state index is 0.593. The van der Waals surface area contributed by atoms with Crippen molar-refractivity contribution in [3.8, 4) is 0 Å². The Morgan fingerprint density at radius 3 is 2.85 bits per heavy atom. The normalized spacial score (nSPS) is 26.9. The summed E-state index contributed by atoms with van der Waals surface area (Å²) >= 11 is 0. The number of hydrogen-bond donors (Lipinski definition) is 2. The predicted molar refractivity (Wildman–Crippen MR) is 107 cm³/mol. The Morgan fingerprint density at radius 1 is 1.31 bits per heavy atom. The van der Waals surface area contributed by atoms with E-state index in [9.17, 15) is 0 Å². The van der Waals surface area contributed by atoms with E-state index in [1.165, 1.54) is 25.7 Å². The molecule has 3 atom stereocenters. The van der Waals surface area contributed by atoms with Gasteiger partial charge in [0.25, 0.3) is 0 Å². The van der Waals surface area contributed by atoms with E-state index < -0.39 is 0 Å². The molecule has 1 fully saturated rings. The summed E-state index contributed by atoms with van der Waals surface area (Å²) in [5, 5.41) is 3.81. The second-order valence-electron chi connectivity index (χ2n) is 8.73. The van der Waals surface area contributed by atoms with Crippen LogP contribution in [-0.4, -0.2) is 27.5 Å². The SMILES string of the molecule is CC1=C[C@@H](CNC2CCC2)[C@H](C(C)C)C[C@H]1Cc1nc2ccncc2[nH]1. The first-order chi connectivity index (χ1) is 12.6. The molecule has 2 heterocycles. The highest BCUT2D eigenvalue weighted by atomic mass is 14.9. The van der Waals surface area contributed by atoms with E-state index >= 15 is 0 Å². The predicted octanol–water partition coefficient (Wildman–Crippen LogP) is 4.50. The minimum atomic E-state index is 0.593. The number of hydrogen-bond acceptors (Lipinski definition) is 3. The molecule has 140 valence electrons. The molecule has 4 nitrogen and oxygen atoms in total. The molecule has 0 aromatic carbocycles. The largest absolute Gasteiger partial charge is 0.341 e. The summed E-state index contributed by atoms with van der Waals surface area (Å²) in [6.07, 6.45) is 12.7. The molecule has 0 aliphatic heterocycles. The fourth-order valence-electron chi connectivity index (χ4n) is 4.66. The van der Waals surface area contributed by atoms with Gasteiger partial charge in [-0.25, -0.2) is 4.98 Å². The zero-order valence-electron chi connectivity index (χ0n) is 16.3. The lowest BCUT2D eigenvalue weighted by Crippen LogP contribution is -2.41. The number of allylic oxidation sites excluding steroid dienone is 1. The van der Waals surface area contributed by atoms with E-state index in [2.05, 4.69) is 42.1 Å². The average molecular weight is 353 g/mol. The van der Waals surface area contributed by atoms with Gasteiger partial charge in [-0.3, -0.25) is 4.98 Å². The van der Waals surface area contributed by atoms with Crippen molar-refractivity contribution in [2.24, 2.45) is 23.7 Å². The molecule has 0 radical (unpaired) electrons. The topological polar surface area (TPSA) is 53.6 Å². The molecule has 2 aromatic heterocycles. The fraction of sp³-hybridized carbons (Fsp3) is 0.636. The van der Waals surface area contributed by atoms with Gasteiger partial charge in [0.05, 0.1) is 17.2 Å². The van der Waals surface area contributed by atoms with Crippen molar-refractivity contribution in [1.29, 1.82) is 0 Å². The van der Waals surface area contributed by atoms with Crippen LogP contribution in [-0.2, 0) is 6.42 Å². The highest BCUT2D eigenvalue weighted by molar-refractivity contribution is 5.73. The van der Waals surface area contributed by atoms with Crippen LogP contribution in [0.3, 0.4) is 0 Å². The van der Waals surface area contributed by atoms with E-state index in [1.807, 2.05) is 18.5 Å². The van der Waals surface area contributed by atoms with E-state index in [1.54, 1.807) is 5.57 Å². The van der Waals surface area contributed by atoms with Crippen LogP contribution in [0.15, 0.2) is 30.1 Å². The van der Waals surface area contributed by atoms with Gasteiger partial charge < -0.3 is 10.3 Å². The highest BCUT2D eigenvalue weighted by Crippen LogP contribution is 2.39. The molecule has 1 saturated carbocycles. The Labute approximate surface area is 156 Å². The van der Waals surface area contributed by atoms with E-state index in [-0.39, 0.29) is 0 Å². The van der Waals surface area contributed by atoms with Gasteiger partial charge in [0.1, 0.15) is 5.82 Å². The molecular formula is C22H32N4. The van der Waals surface area contributed by atoms with E-state index in [0.717, 1.165) is 47.7 Å². The highest BCUT2D eigenvalue weighted by Gasteiger charge is 2.32.